The second-order valence-electron chi connectivity index (χ2n) is 9.82. The van der Waals surface area contributed by atoms with Gasteiger partial charge in [-0.3, -0.25) is 9.59 Å². The Morgan fingerprint density at radius 1 is 1.14 bits per heavy atom. The van der Waals surface area contributed by atoms with E-state index >= 15 is 4.39 Å². The first-order valence-electron chi connectivity index (χ1n) is 10.1. The van der Waals surface area contributed by atoms with E-state index in [4.69, 9.17) is 0 Å². The third-order valence-electron chi connectivity index (χ3n) is 8.82. The summed E-state index contributed by atoms with van der Waals surface area (Å²) in [5.74, 6) is -4.80. The third kappa shape index (κ3) is 2.06. The van der Waals surface area contributed by atoms with E-state index < -0.39 is 58.5 Å². The molecule has 0 saturated heterocycles. The molecule has 3 fully saturated rings. The molecule has 0 aromatic carbocycles. The van der Waals surface area contributed by atoms with Gasteiger partial charge in [0.2, 0.25) is 0 Å². The van der Waals surface area contributed by atoms with Crippen LogP contribution >= 0.6 is 0 Å². The van der Waals surface area contributed by atoms with Gasteiger partial charge in [0.05, 0.1) is 0 Å². The molecule has 0 heterocycles. The molecule has 3 saturated carbocycles. The highest BCUT2D eigenvalue weighted by Crippen LogP contribution is 2.72. The van der Waals surface area contributed by atoms with Crippen LogP contribution in [0, 0.1) is 22.7 Å². The first-order valence-corrected chi connectivity index (χ1v) is 10.1. The first-order chi connectivity index (χ1) is 12.9. The van der Waals surface area contributed by atoms with E-state index in [2.05, 4.69) is 0 Å². The van der Waals surface area contributed by atoms with Gasteiger partial charge in [0.1, 0.15) is 12.2 Å². The quantitative estimate of drug-likeness (QED) is 0.522. The van der Waals surface area contributed by atoms with E-state index in [0.717, 1.165) is 0 Å². The predicted octanol–water partition coefficient (Wildman–Crippen LogP) is 1.19. The van der Waals surface area contributed by atoms with Crippen molar-refractivity contribution in [1.29, 1.82) is 0 Å². The number of carbonyl (C=O) groups is 2. The average Bonchev–Trinajstić information content (AvgIpc) is 2.88. The van der Waals surface area contributed by atoms with E-state index in [-0.39, 0.29) is 25.0 Å². The molecule has 6 atom stereocenters. The fourth-order valence-corrected chi connectivity index (χ4v) is 7.29. The highest BCUT2D eigenvalue weighted by atomic mass is 19.1. The minimum atomic E-state index is -2.77. The van der Waals surface area contributed by atoms with E-state index in [1.807, 2.05) is 0 Å². The average molecular weight is 396 g/mol. The molecule has 0 radical (unpaired) electrons. The van der Waals surface area contributed by atoms with Gasteiger partial charge in [-0.15, -0.1) is 0 Å². The number of rotatable bonds is 2. The summed E-state index contributed by atoms with van der Waals surface area (Å²) >= 11 is 0. The molecule has 0 aromatic heterocycles. The molecule has 28 heavy (non-hydrogen) atoms. The smallest absolute Gasteiger partial charge is 0.199 e. The van der Waals surface area contributed by atoms with Crippen LogP contribution in [0.4, 0.5) is 4.39 Å². The van der Waals surface area contributed by atoms with Crippen LogP contribution in [-0.2, 0) is 9.59 Å². The van der Waals surface area contributed by atoms with Gasteiger partial charge in [-0.1, -0.05) is 19.4 Å². The molecule has 0 bridgehead atoms. The molecular formula is C21H29FO6. The van der Waals surface area contributed by atoms with Crippen LogP contribution in [0.15, 0.2) is 11.6 Å². The number of allylic oxidation sites excluding steroid dienone is 1. The van der Waals surface area contributed by atoms with Crippen molar-refractivity contribution in [2.75, 3.05) is 6.61 Å². The summed E-state index contributed by atoms with van der Waals surface area (Å²) in [7, 11) is 0. The summed E-state index contributed by atoms with van der Waals surface area (Å²) < 4.78 is 16.9. The van der Waals surface area contributed by atoms with Crippen molar-refractivity contribution >= 4 is 11.6 Å². The molecule has 4 aliphatic carbocycles. The maximum Gasteiger partial charge on any atom is 0.199 e. The van der Waals surface area contributed by atoms with Crippen LogP contribution < -0.4 is 0 Å². The molecule has 4 aliphatic rings. The van der Waals surface area contributed by atoms with Gasteiger partial charge >= 0.3 is 0 Å². The normalized spacial score (nSPS) is 49.7. The van der Waals surface area contributed by atoms with Crippen LogP contribution in [0.1, 0.15) is 58.8 Å². The topological polar surface area (TPSA) is 115 Å². The number of carbonyl (C=O) groups excluding carboxylic acids is 2. The fraction of sp³-hybridized carbons (Fsp3) is 0.810. The minimum Gasteiger partial charge on any atom is -0.388 e. The highest BCUT2D eigenvalue weighted by Gasteiger charge is 2.78. The second-order valence-corrected chi connectivity index (χ2v) is 9.82. The van der Waals surface area contributed by atoms with Gasteiger partial charge in [0, 0.05) is 29.6 Å². The van der Waals surface area contributed by atoms with Crippen LogP contribution in [0.2, 0.25) is 0 Å². The molecule has 0 aliphatic heterocycles. The summed E-state index contributed by atoms with van der Waals surface area (Å²) in [6, 6.07) is 0. The first kappa shape index (κ1) is 20.1. The predicted molar refractivity (Wildman–Crippen MR) is 96.7 cm³/mol. The number of alkyl halides is 1. The Hall–Kier alpha value is -1.15. The van der Waals surface area contributed by atoms with Gasteiger partial charge in [-0.05, 0) is 44.1 Å². The number of fused-ring (bicyclic) bond motifs is 5. The summed E-state index contributed by atoms with van der Waals surface area (Å²) in [5, 5.41) is 42.7. The number of hydrogen-bond donors (Lipinski definition) is 4. The molecule has 4 rings (SSSR count). The molecule has 0 aromatic rings. The lowest BCUT2D eigenvalue weighted by Crippen LogP contribution is -2.75. The number of Topliss-reactive ketones (excluding diaryl/α,β-unsaturated/α-hetero) is 1. The van der Waals surface area contributed by atoms with Crippen LogP contribution in [-0.4, -0.2) is 55.7 Å². The monoisotopic (exact) mass is 396 g/mol. The maximum absolute atomic E-state index is 16.9. The standard InChI is InChI=1S/C21H29FO6/c1-17-7-5-13(24)9-12(17)3-4-15-14-6-8-19(26,16(25)10-23)18(14,2)11-20(27,28)21(15,17)22/h9,14-15,23,26-28H,3-8,10-11H2,1-2H3/t14-,15-,17-,18-,19-,21?/m0/s1. The van der Waals surface area contributed by atoms with Crippen molar-refractivity contribution in [3.63, 3.8) is 0 Å². The maximum atomic E-state index is 16.9. The zero-order chi connectivity index (χ0) is 20.8. The number of hydrogen-bond acceptors (Lipinski definition) is 6. The molecule has 1 unspecified atom stereocenters. The van der Waals surface area contributed by atoms with E-state index in [1.54, 1.807) is 13.8 Å². The van der Waals surface area contributed by atoms with Gasteiger partial charge < -0.3 is 20.4 Å². The zero-order valence-corrected chi connectivity index (χ0v) is 16.4. The number of halogens is 1. The molecule has 0 amide bonds. The Balaban J connectivity index is 1.86. The molecule has 4 N–H and O–H groups in total. The molecule has 0 spiro atoms. The van der Waals surface area contributed by atoms with E-state index in [1.165, 1.54) is 6.08 Å². The van der Waals surface area contributed by atoms with Crippen molar-refractivity contribution in [2.24, 2.45) is 22.7 Å². The summed E-state index contributed by atoms with van der Waals surface area (Å²) in [6.45, 7) is 2.43. The molecular weight excluding hydrogens is 367 g/mol. The van der Waals surface area contributed by atoms with Gasteiger partial charge in [0.25, 0.3) is 0 Å². The lowest BCUT2D eigenvalue weighted by Gasteiger charge is -2.65. The minimum absolute atomic E-state index is 0.0636. The van der Waals surface area contributed by atoms with Crippen molar-refractivity contribution in [3.8, 4) is 0 Å². The van der Waals surface area contributed by atoms with Crippen LogP contribution in [0.3, 0.4) is 0 Å². The number of aliphatic hydroxyl groups excluding tert-OH is 1. The fourth-order valence-electron chi connectivity index (χ4n) is 7.29. The Kier molecular flexibility index (Phi) is 4.11. The summed E-state index contributed by atoms with van der Waals surface area (Å²) in [4.78, 5) is 24.3. The van der Waals surface area contributed by atoms with Gasteiger partial charge in [-0.2, -0.15) is 0 Å². The Labute approximate surface area is 163 Å². The van der Waals surface area contributed by atoms with Crippen molar-refractivity contribution < 1.29 is 34.4 Å². The highest BCUT2D eigenvalue weighted by molar-refractivity contribution is 5.92. The largest absolute Gasteiger partial charge is 0.388 e. The molecule has 156 valence electrons. The Morgan fingerprint density at radius 3 is 2.46 bits per heavy atom. The molecule has 6 nitrogen and oxygen atoms in total. The van der Waals surface area contributed by atoms with Crippen molar-refractivity contribution in [2.45, 2.75) is 75.9 Å². The van der Waals surface area contributed by atoms with Crippen molar-refractivity contribution in [3.05, 3.63) is 11.6 Å². The van der Waals surface area contributed by atoms with Crippen LogP contribution in [0.25, 0.3) is 0 Å². The lowest BCUT2D eigenvalue weighted by atomic mass is 9.42. The van der Waals surface area contributed by atoms with Gasteiger partial charge in [-0.25, -0.2) is 4.39 Å². The Bertz CT molecular complexity index is 777. The summed E-state index contributed by atoms with van der Waals surface area (Å²) in [5.41, 5.74) is -6.11. The third-order valence-corrected chi connectivity index (χ3v) is 8.82. The number of ketones is 2. The Morgan fingerprint density at radius 2 is 1.82 bits per heavy atom. The lowest BCUT2D eigenvalue weighted by molar-refractivity contribution is -0.352. The van der Waals surface area contributed by atoms with Crippen LogP contribution in [0.5, 0.6) is 0 Å². The summed E-state index contributed by atoms with van der Waals surface area (Å²) in [6.07, 6.45) is 2.56. The second kappa shape index (κ2) is 5.72. The van der Waals surface area contributed by atoms with Gasteiger partial charge in [0.15, 0.2) is 23.0 Å². The van der Waals surface area contributed by atoms with E-state index in [9.17, 15) is 30.0 Å². The SMILES string of the molecule is C[C@]12CCC(=O)C=C1CC[C@H]1[C@@H]3CC[C@](O)(C(=O)CO)[C@@]3(C)CC(O)(O)C12F. The number of aliphatic hydroxyl groups is 4. The zero-order valence-electron chi connectivity index (χ0n) is 16.4. The molecule has 7 heteroatoms. The van der Waals surface area contributed by atoms with E-state index in [0.29, 0.717) is 24.8 Å². The van der Waals surface area contributed by atoms with Crippen molar-refractivity contribution in [1.82, 2.24) is 0 Å².